The van der Waals surface area contributed by atoms with Crippen LogP contribution in [0, 0.1) is 5.82 Å². The first-order valence-electron chi connectivity index (χ1n) is 3.50. The van der Waals surface area contributed by atoms with E-state index in [0.29, 0.717) is 11.5 Å². The average Bonchev–Trinajstić information content (AvgIpc) is 2.52. The lowest BCUT2D eigenvalue weighted by atomic mass is 10.2. The van der Waals surface area contributed by atoms with Gasteiger partial charge in [0.25, 0.3) is 4.80 Å². The second kappa shape index (κ2) is 3.26. The molecule has 3 nitrogen and oxygen atoms in total. The van der Waals surface area contributed by atoms with E-state index in [2.05, 4.69) is 26.1 Å². The van der Waals surface area contributed by atoms with Crippen LogP contribution >= 0.6 is 15.9 Å². The standard InChI is InChI=1S/C8H4BrFN2O/c9-8-12-11-7(13-8)5-2-1-3-6(10)4-5/h1-4H. The summed E-state index contributed by atoms with van der Waals surface area (Å²) in [4.78, 5) is 0.284. The van der Waals surface area contributed by atoms with Crippen LogP contribution in [-0.2, 0) is 0 Å². The maximum Gasteiger partial charge on any atom is 0.285 e. The monoisotopic (exact) mass is 242 g/mol. The van der Waals surface area contributed by atoms with Crippen molar-refractivity contribution < 1.29 is 8.81 Å². The molecule has 0 bridgehead atoms. The van der Waals surface area contributed by atoms with Crippen molar-refractivity contribution in [1.82, 2.24) is 10.2 Å². The van der Waals surface area contributed by atoms with Gasteiger partial charge in [0.2, 0.25) is 5.89 Å². The molecule has 2 rings (SSSR count). The number of hydrogen-bond donors (Lipinski definition) is 0. The van der Waals surface area contributed by atoms with Crippen LogP contribution in [0.3, 0.4) is 0 Å². The summed E-state index contributed by atoms with van der Waals surface area (Å²) in [5.74, 6) is -0.0294. The number of rotatable bonds is 1. The van der Waals surface area contributed by atoms with Gasteiger partial charge in [-0.25, -0.2) is 4.39 Å². The zero-order valence-corrected chi connectivity index (χ0v) is 7.95. The lowest BCUT2D eigenvalue weighted by molar-refractivity contribution is 0.539. The maximum absolute atomic E-state index is 12.8. The van der Waals surface area contributed by atoms with E-state index in [9.17, 15) is 4.39 Å². The SMILES string of the molecule is Fc1cccc(-c2nnc(Br)o2)c1. The summed E-state index contributed by atoms with van der Waals surface area (Å²) in [7, 11) is 0. The van der Waals surface area contributed by atoms with Crippen LogP contribution in [0.4, 0.5) is 4.39 Å². The van der Waals surface area contributed by atoms with Crippen molar-refractivity contribution in [2.45, 2.75) is 0 Å². The zero-order chi connectivity index (χ0) is 9.26. The first-order chi connectivity index (χ1) is 6.25. The van der Waals surface area contributed by atoms with E-state index in [4.69, 9.17) is 4.42 Å². The minimum absolute atomic E-state index is 0.284. The molecule has 1 aromatic carbocycles. The summed E-state index contributed by atoms with van der Waals surface area (Å²) in [5, 5.41) is 7.30. The molecule has 1 heterocycles. The number of aromatic nitrogens is 2. The second-order valence-corrected chi connectivity index (χ2v) is 3.05. The van der Waals surface area contributed by atoms with Crippen molar-refractivity contribution in [2.75, 3.05) is 0 Å². The molecule has 0 aliphatic heterocycles. The van der Waals surface area contributed by atoms with Gasteiger partial charge in [-0.05, 0) is 18.2 Å². The highest BCUT2D eigenvalue weighted by Gasteiger charge is 2.06. The van der Waals surface area contributed by atoms with E-state index in [-0.39, 0.29) is 10.6 Å². The topological polar surface area (TPSA) is 38.9 Å². The average molecular weight is 243 g/mol. The molecular weight excluding hydrogens is 239 g/mol. The molecule has 1 aromatic heterocycles. The molecule has 0 aliphatic rings. The lowest BCUT2D eigenvalue weighted by Gasteiger charge is -1.92. The largest absolute Gasteiger partial charge is 0.411 e. The van der Waals surface area contributed by atoms with Gasteiger partial charge in [-0.2, -0.15) is 0 Å². The second-order valence-electron chi connectivity index (χ2n) is 2.37. The first-order valence-corrected chi connectivity index (χ1v) is 4.30. The third-order valence-corrected chi connectivity index (χ3v) is 1.79. The molecule has 0 radical (unpaired) electrons. The minimum Gasteiger partial charge on any atom is -0.411 e. The van der Waals surface area contributed by atoms with Gasteiger partial charge in [0, 0.05) is 21.5 Å². The Labute approximate surface area is 81.7 Å². The van der Waals surface area contributed by atoms with E-state index in [1.807, 2.05) is 0 Å². The van der Waals surface area contributed by atoms with Crippen LogP contribution in [0.2, 0.25) is 0 Å². The Morgan fingerprint density at radius 3 is 2.77 bits per heavy atom. The first kappa shape index (κ1) is 8.37. The van der Waals surface area contributed by atoms with Crippen molar-refractivity contribution in [3.63, 3.8) is 0 Å². The molecule has 2 aromatic rings. The van der Waals surface area contributed by atoms with Crippen molar-refractivity contribution in [1.29, 1.82) is 0 Å². The fraction of sp³-hybridized carbons (Fsp3) is 0. The molecule has 0 fully saturated rings. The number of nitrogens with zero attached hydrogens (tertiary/aromatic N) is 2. The highest BCUT2D eigenvalue weighted by atomic mass is 79.9. The molecular formula is C8H4BrFN2O. The molecule has 13 heavy (non-hydrogen) atoms. The molecule has 5 heteroatoms. The van der Waals surface area contributed by atoms with Crippen LogP contribution in [0.15, 0.2) is 33.5 Å². The molecule has 0 saturated heterocycles. The fourth-order valence-corrected chi connectivity index (χ4v) is 1.18. The van der Waals surface area contributed by atoms with Gasteiger partial charge in [-0.3, -0.25) is 0 Å². The molecule has 0 unspecified atom stereocenters. The van der Waals surface area contributed by atoms with E-state index in [1.165, 1.54) is 12.1 Å². The van der Waals surface area contributed by atoms with Gasteiger partial charge in [-0.15, -0.1) is 10.2 Å². The lowest BCUT2D eigenvalue weighted by Crippen LogP contribution is -1.79. The van der Waals surface area contributed by atoms with Crippen LogP contribution in [0.25, 0.3) is 11.5 Å². The molecule has 0 aliphatic carbocycles. The van der Waals surface area contributed by atoms with Crippen molar-refractivity contribution in [3.8, 4) is 11.5 Å². The van der Waals surface area contributed by atoms with E-state index >= 15 is 0 Å². The van der Waals surface area contributed by atoms with Gasteiger partial charge >= 0.3 is 0 Å². The predicted octanol–water partition coefficient (Wildman–Crippen LogP) is 2.64. The normalized spacial score (nSPS) is 10.3. The molecule has 0 amide bonds. The third-order valence-electron chi connectivity index (χ3n) is 1.47. The summed E-state index contributed by atoms with van der Waals surface area (Å²) in [5.41, 5.74) is 0.568. The van der Waals surface area contributed by atoms with E-state index < -0.39 is 0 Å². The van der Waals surface area contributed by atoms with Crippen LogP contribution in [-0.4, -0.2) is 10.2 Å². The van der Waals surface area contributed by atoms with Gasteiger partial charge in [0.05, 0.1) is 0 Å². The molecule has 0 N–H and O–H groups in total. The summed E-state index contributed by atoms with van der Waals surface area (Å²) in [6, 6.07) is 5.97. The van der Waals surface area contributed by atoms with E-state index in [1.54, 1.807) is 12.1 Å². The van der Waals surface area contributed by atoms with Crippen LogP contribution in [0.5, 0.6) is 0 Å². The minimum atomic E-state index is -0.327. The van der Waals surface area contributed by atoms with Gasteiger partial charge < -0.3 is 4.42 Å². The van der Waals surface area contributed by atoms with Gasteiger partial charge in [-0.1, -0.05) is 6.07 Å². The maximum atomic E-state index is 12.8. The third kappa shape index (κ3) is 1.75. The summed E-state index contributed by atoms with van der Waals surface area (Å²) in [6.07, 6.45) is 0. The smallest absolute Gasteiger partial charge is 0.285 e. The van der Waals surface area contributed by atoms with Gasteiger partial charge in [0.1, 0.15) is 5.82 Å². The predicted molar refractivity (Wildman–Crippen MR) is 47.4 cm³/mol. The molecule has 0 saturated carbocycles. The summed E-state index contributed by atoms with van der Waals surface area (Å²) in [6.45, 7) is 0. The quantitative estimate of drug-likeness (QED) is 0.772. The summed E-state index contributed by atoms with van der Waals surface area (Å²) >= 11 is 3.01. The Balaban J connectivity index is 2.46. The number of hydrogen-bond acceptors (Lipinski definition) is 3. The van der Waals surface area contributed by atoms with Crippen molar-refractivity contribution >= 4 is 15.9 Å². The Morgan fingerprint density at radius 1 is 1.31 bits per heavy atom. The highest BCUT2D eigenvalue weighted by Crippen LogP contribution is 2.20. The molecule has 66 valence electrons. The Bertz CT molecular complexity index is 430. The molecule has 0 atom stereocenters. The Morgan fingerprint density at radius 2 is 2.15 bits per heavy atom. The van der Waals surface area contributed by atoms with Crippen molar-refractivity contribution in [3.05, 3.63) is 34.9 Å². The highest BCUT2D eigenvalue weighted by molar-refractivity contribution is 9.10. The van der Waals surface area contributed by atoms with Crippen molar-refractivity contribution in [2.24, 2.45) is 0 Å². The number of halogens is 2. The Kier molecular flexibility index (Phi) is 2.10. The Hall–Kier alpha value is -1.23. The van der Waals surface area contributed by atoms with E-state index in [0.717, 1.165) is 0 Å². The fourth-order valence-electron chi connectivity index (χ4n) is 0.943. The van der Waals surface area contributed by atoms with Crippen LogP contribution in [0.1, 0.15) is 0 Å². The van der Waals surface area contributed by atoms with Crippen LogP contribution < -0.4 is 0 Å². The number of benzene rings is 1. The summed E-state index contributed by atoms with van der Waals surface area (Å²) < 4.78 is 17.8. The molecule has 0 spiro atoms. The van der Waals surface area contributed by atoms with Gasteiger partial charge in [0.15, 0.2) is 0 Å². The zero-order valence-electron chi connectivity index (χ0n) is 6.37.